The van der Waals surface area contributed by atoms with E-state index in [0.29, 0.717) is 42.6 Å². The highest BCUT2D eigenvalue weighted by Crippen LogP contribution is 2.48. The van der Waals surface area contributed by atoms with Gasteiger partial charge in [0, 0.05) is 24.0 Å². The number of anilines is 1. The zero-order chi connectivity index (χ0) is 20.4. The quantitative estimate of drug-likeness (QED) is 0.755. The Kier molecular flexibility index (Phi) is 6.04. The number of amides is 1. The Hall–Kier alpha value is -2.15. The molecule has 1 aliphatic carbocycles. The first kappa shape index (κ1) is 20.1. The van der Waals surface area contributed by atoms with Crippen molar-refractivity contribution >= 4 is 23.2 Å². The summed E-state index contributed by atoms with van der Waals surface area (Å²) in [7, 11) is 0. The van der Waals surface area contributed by atoms with Crippen LogP contribution in [0.4, 0.5) is 10.1 Å². The van der Waals surface area contributed by atoms with Crippen LogP contribution in [0.5, 0.6) is 0 Å². The molecule has 2 aromatic rings. The Balaban J connectivity index is 1.44. The maximum atomic E-state index is 14.3. The lowest BCUT2D eigenvalue weighted by atomic mass is 10.0. The highest BCUT2D eigenvalue weighted by atomic mass is 35.5. The Bertz CT molecular complexity index is 871. The molecule has 1 amide bonds. The second-order valence-electron chi connectivity index (χ2n) is 7.55. The van der Waals surface area contributed by atoms with E-state index in [4.69, 9.17) is 16.3 Å². The molecular formula is C22H24ClFN2O3. The third-order valence-corrected chi connectivity index (χ3v) is 5.90. The summed E-state index contributed by atoms with van der Waals surface area (Å²) in [6.45, 7) is 2.08. The van der Waals surface area contributed by atoms with E-state index in [0.717, 1.165) is 12.0 Å². The molecule has 1 heterocycles. The molecule has 1 saturated heterocycles. The van der Waals surface area contributed by atoms with Crippen molar-refractivity contribution in [2.45, 2.75) is 18.4 Å². The fourth-order valence-corrected chi connectivity index (χ4v) is 4.00. The number of aliphatic hydroxyl groups is 1. The van der Waals surface area contributed by atoms with Gasteiger partial charge >= 0.3 is 0 Å². The van der Waals surface area contributed by atoms with Crippen LogP contribution in [0.3, 0.4) is 0 Å². The number of nitrogens with one attached hydrogen (secondary N) is 1. The third-order valence-electron chi connectivity index (χ3n) is 5.65. The lowest BCUT2D eigenvalue weighted by Crippen LogP contribution is -2.37. The molecule has 0 radical (unpaired) electrons. The summed E-state index contributed by atoms with van der Waals surface area (Å²) < 4.78 is 19.7. The van der Waals surface area contributed by atoms with Crippen LogP contribution in [-0.4, -0.2) is 43.9 Å². The molecule has 2 unspecified atom stereocenters. The van der Waals surface area contributed by atoms with E-state index in [2.05, 4.69) is 5.32 Å². The molecule has 3 atom stereocenters. The monoisotopic (exact) mass is 418 g/mol. The molecule has 7 heteroatoms. The number of benzene rings is 2. The van der Waals surface area contributed by atoms with Gasteiger partial charge in [-0.05, 0) is 47.7 Å². The average Bonchev–Trinajstić information content (AvgIpc) is 3.54. The van der Waals surface area contributed by atoms with E-state index in [9.17, 15) is 14.3 Å². The first-order valence-electron chi connectivity index (χ1n) is 9.85. The van der Waals surface area contributed by atoms with E-state index in [1.165, 1.54) is 6.07 Å². The van der Waals surface area contributed by atoms with Gasteiger partial charge in [0.15, 0.2) is 0 Å². The van der Waals surface area contributed by atoms with Crippen molar-refractivity contribution in [3.8, 4) is 0 Å². The normalized spacial score (nSPS) is 22.2. The van der Waals surface area contributed by atoms with Gasteiger partial charge in [0.2, 0.25) is 5.91 Å². The summed E-state index contributed by atoms with van der Waals surface area (Å²) in [5.41, 5.74) is 2.25. The topological polar surface area (TPSA) is 61.8 Å². The third kappa shape index (κ3) is 4.55. The lowest BCUT2D eigenvalue weighted by molar-refractivity contribution is -0.123. The van der Waals surface area contributed by atoms with Crippen molar-refractivity contribution in [1.82, 2.24) is 5.32 Å². The van der Waals surface area contributed by atoms with Gasteiger partial charge in [0.1, 0.15) is 5.82 Å². The predicted octanol–water partition coefficient (Wildman–Crippen LogP) is 3.27. The van der Waals surface area contributed by atoms with Crippen molar-refractivity contribution in [1.29, 1.82) is 0 Å². The minimum absolute atomic E-state index is 0.0961. The van der Waals surface area contributed by atoms with Crippen LogP contribution >= 0.6 is 11.6 Å². The summed E-state index contributed by atoms with van der Waals surface area (Å²) in [6, 6.07) is 11.7. The van der Waals surface area contributed by atoms with Gasteiger partial charge < -0.3 is 20.1 Å². The van der Waals surface area contributed by atoms with Crippen molar-refractivity contribution in [2.75, 3.05) is 37.8 Å². The van der Waals surface area contributed by atoms with E-state index >= 15 is 0 Å². The van der Waals surface area contributed by atoms with Crippen LogP contribution in [0.1, 0.15) is 29.5 Å². The summed E-state index contributed by atoms with van der Waals surface area (Å²) in [5.74, 6) is -0.363. The Labute approximate surface area is 174 Å². The van der Waals surface area contributed by atoms with Gasteiger partial charge in [-0.15, -0.1) is 0 Å². The zero-order valence-corrected chi connectivity index (χ0v) is 16.7. The molecule has 2 fully saturated rings. The number of hydrogen-bond donors (Lipinski definition) is 2. The molecule has 2 aliphatic rings. The second kappa shape index (κ2) is 8.69. The lowest BCUT2D eigenvalue weighted by Gasteiger charge is -2.30. The SMILES string of the molecule is O=C(N[C@@H](CO)c1ccc(F)c(N2CCOCC2)c1)C1CC1c1ccc(Cl)cc1. The molecule has 5 nitrogen and oxygen atoms in total. The largest absolute Gasteiger partial charge is 0.394 e. The molecular weight excluding hydrogens is 395 g/mol. The predicted molar refractivity (Wildman–Crippen MR) is 110 cm³/mol. The maximum Gasteiger partial charge on any atom is 0.224 e. The summed E-state index contributed by atoms with van der Waals surface area (Å²) in [5, 5.41) is 13.5. The average molecular weight is 419 g/mol. The number of nitrogens with zero attached hydrogens (tertiary/aromatic N) is 1. The van der Waals surface area contributed by atoms with Gasteiger partial charge in [0.25, 0.3) is 0 Å². The van der Waals surface area contributed by atoms with Crippen molar-refractivity contribution in [2.24, 2.45) is 5.92 Å². The number of rotatable bonds is 6. The van der Waals surface area contributed by atoms with Gasteiger partial charge in [-0.1, -0.05) is 29.8 Å². The minimum atomic E-state index is -0.575. The van der Waals surface area contributed by atoms with Crippen LogP contribution in [-0.2, 0) is 9.53 Å². The highest BCUT2D eigenvalue weighted by Gasteiger charge is 2.44. The Morgan fingerprint density at radius 1 is 1.24 bits per heavy atom. The number of carbonyl (C=O) groups is 1. The van der Waals surface area contributed by atoms with Crippen molar-refractivity contribution in [3.63, 3.8) is 0 Å². The molecule has 1 aliphatic heterocycles. The van der Waals surface area contributed by atoms with Crippen LogP contribution in [0.25, 0.3) is 0 Å². The summed E-state index contributed by atoms with van der Waals surface area (Å²) in [6.07, 6.45) is 0.772. The second-order valence-corrected chi connectivity index (χ2v) is 7.99. The van der Waals surface area contributed by atoms with E-state index in [-0.39, 0.29) is 30.2 Å². The van der Waals surface area contributed by atoms with Crippen LogP contribution in [0, 0.1) is 11.7 Å². The van der Waals surface area contributed by atoms with Crippen molar-refractivity contribution in [3.05, 3.63) is 64.4 Å². The standard InChI is InChI=1S/C22H24ClFN2O3/c23-16-4-1-14(2-5-16)17-12-18(17)22(28)25-20(13-27)15-3-6-19(24)21(11-15)26-7-9-29-10-8-26/h1-6,11,17-18,20,27H,7-10,12-13H2,(H,25,28)/t17?,18?,20-/m0/s1. The number of hydrogen-bond acceptors (Lipinski definition) is 4. The number of aliphatic hydroxyl groups excluding tert-OH is 1. The summed E-state index contributed by atoms with van der Waals surface area (Å²) in [4.78, 5) is 14.6. The first-order valence-corrected chi connectivity index (χ1v) is 10.2. The molecule has 154 valence electrons. The van der Waals surface area contributed by atoms with Crippen LogP contribution < -0.4 is 10.2 Å². The molecule has 0 bridgehead atoms. The number of morpholine rings is 1. The number of halogens is 2. The van der Waals surface area contributed by atoms with E-state index in [1.807, 2.05) is 29.2 Å². The van der Waals surface area contributed by atoms with Crippen LogP contribution in [0.15, 0.2) is 42.5 Å². The van der Waals surface area contributed by atoms with E-state index < -0.39 is 6.04 Å². The van der Waals surface area contributed by atoms with Gasteiger partial charge in [-0.25, -0.2) is 4.39 Å². The smallest absolute Gasteiger partial charge is 0.224 e. The molecule has 0 aromatic heterocycles. The minimum Gasteiger partial charge on any atom is -0.394 e. The van der Waals surface area contributed by atoms with Gasteiger partial charge in [0.05, 0.1) is 31.5 Å². The molecule has 1 saturated carbocycles. The first-order chi connectivity index (χ1) is 14.1. The summed E-state index contributed by atoms with van der Waals surface area (Å²) >= 11 is 5.93. The van der Waals surface area contributed by atoms with E-state index in [1.54, 1.807) is 12.1 Å². The molecule has 4 rings (SSSR count). The Morgan fingerprint density at radius 3 is 2.66 bits per heavy atom. The zero-order valence-electron chi connectivity index (χ0n) is 16.0. The van der Waals surface area contributed by atoms with Crippen molar-refractivity contribution < 1.29 is 19.0 Å². The number of ether oxygens (including phenoxy) is 1. The number of carbonyl (C=O) groups excluding carboxylic acids is 1. The molecule has 0 spiro atoms. The van der Waals surface area contributed by atoms with Gasteiger partial charge in [-0.3, -0.25) is 4.79 Å². The molecule has 2 aromatic carbocycles. The fourth-order valence-electron chi connectivity index (χ4n) is 3.87. The molecule has 2 N–H and O–H groups in total. The molecule has 29 heavy (non-hydrogen) atoms. The highest BCUT2D eigenvalue weighted by molar-refractivity contribution is 6.30. The van der Waals surface area contributed by atoms with Gasteiger partial charge in [-0.2, -0.15) is 0 Å². The fraction of sp³-hybridized carbons (Fsp3) is 0.409. The maximum absolute atomic E-state index is 14.3. The Morgan fingerprint density at radius 2 is 1.97 bits per heavy atom. The van der Waals surface area contributed by atoms with Crippen LogP contribution in [0.2, 0.25) is 5.02 Å².